The van der Waals surface area contributed by atoms with E-state index in [1.807, 2.05) is 4.90 Å². The number of carbonyl (C=O) groups excluding carboxylic acids is 1. The van der Waals surface area contributed by atoms with Crippen molar-refractivity contribution in [3.63, 3.8) is 0 Å². The van der Waals surface area contributed by atoms with Crippen LogP contribution in [0.1, 0.15) is 38.5 Å². The first-order valence-corrected chi connectivity index (χ1v) is 9.15. The first-order valence-electron chi connectivity index (χ1n) is 7.61. The van der Waals surface area contributed by atoms with Gasteiger partial charge in [0.05, 0.1) is 6.10 Å². The van der Waals surface area contributed by atoms with Gasteiger partial charge in [0.25, 0.3) is 10.2 Å². The number of hydrogen-bond acceptors (Lipinski definition) is 4. The molecule has 2 atom stereocenters. The van der Waals surface area contributed by atoms with Gasteiger partial charge in [-0.2, -0.15) is 8.42 Å². The molecule has 2 fully saturated rings. The summed E-state index contributed by atoms with van der Waals surface area (Å²) in [7, 11) is -3.65. The summed E-state index contributed by atoms with van der Waals surface area (Å²) < 4.78 is 29.7. The number of ether oxygens (including phenoxy) is 1. The Kier molecular flexibility index (Phi) is 5.98. The van der Waals surface area contributed by atoms with Crippen molar-refractivity contribution in [2.24, 2.45) is 11.1 Å². The fourth-order valence-corrected chi connectivity index (χ4v) is 3.47. The van der Waals surface area contributed by atoms with E-state index in [0.717, 1.165) is 45.3 Å². The van der Waals surface area contributed by atoms with Gasteiger partial charge in [-0.25, -0.2) is 9.86 Å². The molecule has 21 heavy (non-hydrogen) atoms. The van der Waals surface area contributed by atoms with E-state index in [1.54, 1.807) is 0 Å². The molecule has 2 rings (SSSR count). The first-order chi connectivity index (χ1) is 9.94. The van der Waals surface area contributed by atoms with Gasteiger partial charge in [-0.3, -0.25) is 4.79 Å². The molecular weight excluding hydrogens is 294 g/mol. The van der Waals surface area contributed by atoms with Crippen molar-refractivity contribution in [2.75, 3.05) is 26.2 Å². The maximum absolute atomic E-state index is 12.2. The lowest BCUT2D eigenvalue weighted by atomic mass is 9.98. The predicted octanol–water partition coefficient (Wildman–Crippen LogP) is -0.0227. The fourth-order valence-electron chi connectivity index (χ4n) is 3.01. The molecule has 3 N–H and O–H groups in total. The Balaban J connectivity index is 1.73. The third kappa shape index (κ3) is 5.90. The normalized spacial score (nSPS) is 27.0. The summed E-state index contributed by atoms with van der Waals surface area (Å²) in [6.07, 6.45) is 5.49. The van der Waals surface area contributed by atoms with Crippen LogP contribution >= 0.6 is 0 Å². The van der Waals surface area contributed by atoms with Crippen molar-refractivity contribution in [1.82, 2.24) is 9.62 Å². The first kappa shape index (κ1) is 16.7. The van der Waals surface area contributed by atoms with Gasteiger partial charge < -0.3 is 9.64 Å². The number of nitrogens with one attached hydrogen (secondary N) is 1. The van der Waals surface area contributed by atoms with Gasteiger partial charge in [0, 0.05) is 32.7 Å². The van der Waals surface area contributed by atoms with Crippen LogP contribution in [0.2, 0.25) is 0 Å². The number of rotatable bonds is 6. The lowest BCUT2D eigenvalue weighted by Crippen LogP contribution is -2.44. The zero-order valence-electron chi connectivity index (χ0n) is 12.3. The van der Waals surface area contributed by atoms with Crippen molar-refractivity contribution in [2.45, 2.75) is 44.6 Å². The largest absolute Gasteiger partial charge is 0.378 e. The molecule has 122 valence electrons. The highest BCUT2D eigenvalue weighted by molar-refractivity contribution is 7.87. The third-order valence-electron chi connectivity index (χ3n) is 4.15. The quantitative estimate of drug-likeness (QED) is 0.718. The molecule has 2 unspecified atom stereocenters. The van der Waals surface area contributed by atoms with E-state index in [9.17, 15) is 13.2 Å². The summed E-state index contributed by atoms with van der Waals surface area (Å²) in [4.78, 5) is 14.0. The highest BCUT2D eigenvalue weighted by atomic mass is 32.2. The molecule has 8 heteroatoms. The lowest BCUT2D eigenvalue weighted by molar-refractivity contribution is -0.133. The second-order valence-corrected chi connectivity index (χ2v) is 7.29. The number of likely N-dealkylation sites (tertiary alicyclic amines) is 1. The average molecular weight is 319 g/mol. The summed E-state index contributed by atoms with van der Waals surface area (Å²) in [6.45, 7) is 2.47. The van der Waals surface area contributed by atoms with Gasteiger partial charge in [-0.1, -0.05) is 0 Å². The number of carbonyl (C=O) groups is 1. The van der Waals surface area contributed by atoms with Crippen LogP contribution in [0.15, 0.2) is 0 Å². The number of hydrogen-bond donors (Lipinski definition) is 2. The number of nitrogens with zero attached hydrogens (tertiary/aromatic N) is 1. The highest BCUT2D eigenvalue weighted by Crippen LogP contribution is 2.20. The zero-order valence-corrected chi connectivity index (χ0v) is 13.1. The van der Waals surface area contributed by atoms with Crippen molar-refractivity contribution >= 4 is 16.1 Å². The standard InChI is InChI=1S/C13H25N3O4S/c14-21(18,19)15-9-11-3-1-7-16(10-11)13(17)6-5-12-4-2-8-20-12/h11-12,15H,1-10H2,(H2,14,18,19). The minimum absolute atomic E-state index is 0.142. The molecule has 0 aromatic heterocycles. The van der Waals surface area contributed by atoms with Crippen LogP contribution in [-0.4, -0.2) is 51.6 Å². The Morgan fingerprint density at radius 3 is 2.81 bits per heavy atom. The minimum Gasteiger partial charge on any atom is -0.378 e. The van der Waals surface area contributed by atoms with Crippen molar-refractivity contribution < 1.29 is 17.9 Å². The van der Waals surface area contributed by atoms with Gasteiger partial charge in [0.1, 0.15) is 0 Å². The predicted molar refractivity (Wildman–Crippen MR) is 78.6 cm³/mol. The van der Waals surface area contributed by atoms with E-state index in [4.69, 9.17) is 9.88 Å². The Labute approximate surface area is 126 Å². The number of piperidine rings is 1. The molecule has 0 radical (unpaired) electrons. The second-order valence-electron chi connectivity index (χ2n) is 5.92. The fraction of sp³-hybridized carbons (Fsp3) is 0.923. The molecule has 0 saturated carbocycles. The molecule has 0 spiro atoms. The van der Waals surface area contributed by atoms with E-state index in [0.29, 0.717) is 19.5 Å². The summed E-state index contributed by atoms with van der Waals surface area (Å²) in [5.41, 5.74) is 0. The lowest BCUT2D eigenvalue weighted by Gasteiger charge is -2.33. The van der Waals surface area contributed by atoms with Crippen LogP contribution in [0.3, 0.4) is 0 Å². The summed E-state index contributed by atoms with van der Waals surface area (Å²) in [5, 5.41) is 4.93. The molecule has 2 aliphatic heterocycles. The Hall–Kier alpha value is -0.700. The summed E-state index contributed by atoms with van der Waals surface area (Å²) in [6, 6.07) is 0. The number of nitrogens with two attached hydrogens (primary N) is 1. The van der Waals surface area contributed by atoms with E-state index >= 15 is 0 Å². The second kappa shape index (κ2) is 7.53. The molecule has 0 aliphatic carbocycles. The van der Waals surface area contributed by atoms with Gasteiger partial charge in [-0.15, -0.1) is 0 Å². The molecule has 0 aromatic rings. The maximum atomic E-state index is 12.2. The van der Waals surface area contributed by atoms with Crippen LogP contribution in [0.4, 0.5) is 0 Å². The van der Waals surface area contributed by atoms with Crippen LogP contribution in [0.5, 0.6) is 0 Å². The van der Waals surface area contributed by atoms with E-state index in [2.05, 4.69) is 4.72 Å². The molecule has 0 aromatic carbocycles. The van der Waals surface area contributed by atoms with Crippen LogP contribution in [-0.2, 0) is 19.7 Å². The SMILES string of the molecule is NS(=O)(=O)NCC1CCCN(C(=O)CCC2CCCO2)C1. The molecule has 1 amide bonds. The minimum atomic E-state index is -3.65. The van der Waals surface area contributed by atoms with E-state index < -0.39 is 10.2 Å². The molecule has 7 nitrogen and oxygen atoms in total. The van der Waals surface area contributed by atoms with Gasteiger partial charge >= 0.3 is 0 Å². The van der Waals surface area contributed by atoms with Crippen molar-refractivity contribution in [3.8, 4) is 0 Å². The molecular formula is C13H25N3O4S. The van der Waals surface area contributed by atoms with Crippen LogP contribution < -0.4 is 9.86 Å². The molecule has 2 saturated heterocycles. The van der Waals surface area contributed by atoms with Gasteiger partial charge in [0.15, 0.2) is 0 Å². The zero-order chi connectivity index (χ0) is 15.3. The van der Waals surface area contributed by atoms with E-state index in [-0.39, 0.29) is 17.9 Å². The summed E-state index contributed by atoms with van der Waals surface area (Å²) >= 11 is 0. The topological polar surface area (TPSA) is 102 Å². The maximum Gasteiger partial charge on any atom is 0.274 e. The third-order valence-corrected chi connectivity index (χ3v) is 4.72. The summed E-state index contributed by atoms with van der Waals surface area (Å²) in [5.74, 6) is 0.287. The Bertz CT molecular complexity index is 448. The Morgan fingerprint density at radius 1 is 1.33 bits per heavy atom. The number of amides is 1. The van der Waals surface area contributed by atoms with E-state index in [1.165, 1.54) is 0 Å². The van der Waals surface area contributed by atoms with Crippen molar-refractivity contribution in [1.29, 1.82) is 0 Å². The smallest absolute Gasteiger partial charge is 0.274 e. The molecule has 2 aliphatic rings. The molecule has 0 bridgehead atoms. The van der Waals surface area contributed by atoms with Crippen molar-refractivity contribution in [3.05, 3.63) is 0 Å². The monoisotopic (exact) mass is 319 g/mol. The van der Waals surface area contributed by atoms with Crippen LogP contribution in [0.25, 0.3) is 0 Å². The average Bonchev–Trinajstić information content (AvgIpc) is 2.95. The molecule has 2 heterocycles. The van der Waals surface area contributed by atoms with Gasteiger partial charge in [0.2, 0.25) is 5.91 Å². The Morgan fingerprint density at radius 2 is 2.14 bits per heavy atom. The van der Waals surface area contributed by atoms with Gasteiger partial charge in [-0.05, 0) is 38.0 Å². The highest BCUT2D eigenvalue weighted by Gasteiger charge is 2.25. The van der Waals surface area contributed by atoms with Crippen LogP contribution in [0, 0.1) is 5.92 Å².